The lowest BCUT2D eigenvalue weighted by Crippen LogP contribution is -2.55. The van der Waals surface area contributed by atoms with Crippen LogP contribution in [-0.2, 0) is 28.6 Å². The first-order chi connectivity index (χ1) is 30.1. The SMILES string of the molecule is CCCCC/C=C/C/C=C/C/C=C/CCCCCCCCCCCC(=O)OC(COCCC(C(=O)[O-])[N+](C)(C)C)COC(=O)CCCCCCC/C=C/CCCCCCCCC. The minimum atomic E-state index is -1.13. The number of carbonyl (C=O) groups is 3. The Morgan fingerprint density at radius 2 is 0.855 bits per heavy atom. The van der Waals surface area contributed by atoms with Crippen LogP contribution in [0.4, 0.5) is 0 Å². The topological polar surface area (TPSA) is 102 Å². The van der Waals surface area contributed by atoms with Crippen LogP contribution in [0.5, 0.6) is 0 Å². The van der Waals surface area contributed by atoms with Crippen molar-refractivity contribution in [3.05, 3.63) is 48.6 Å². The molecular formula is C54H97NO7. The molecule has 0 bridgehead atoms. The van der Waals surface area contributed by atoms with E-state index in [0.717, 1.165) is 70.6 Å². The Balaban J connectivity index is 4.26. The molecule has 8 nitrogen and oxygen atoms in total. The number of allylic oxidation sites excluding steroid dienone is 8. The number of aliphatic carboxylic acids is 1. The van der Waals surface area contributed by atoms with E-state index in [4.69, 9.17) is 14.2 Å². The van der Waals surface area contributed by atoms with E-state index in [1.165, 1.54) is 122 Å². The minimum Gasteiger partial charge on any atom is -0.544 e. The van der Waals surface area contributed by atoms with Crippen molar-refractivity contribution in [3.63, 3.8) is 0 Å². The highest BCUT2D eigenvalue weighted by molar-refractivity contribution is 5.70. The van der Waals surface area contributed by atoms with E-state index < -0.39 is 18.1 Å². The number of quaternary nitrogens is 1. The first-order valence-electron chi connectivity index (χ1n) is 25.7. The van der Waals surface area contributed by atoms with E-state index in [2.05, 4.69) is 62.5 Å². The summed E-state index contributed by atoms with van der Waals surface area (Å²) in [6, 6.07) is -0.729. The van der Waals surface area contributed by atoms with Gasteiger partial charge in [0.15, 0.2) is 6.10 Å². The average molecular weight is 872 g/mol. The maximum atomic E-state index is 12.8. The molecule has 0 aliphatic rings. The summed E-state index contributed by atoms with van der Waals surface area (Å²) in [5, 5.41) is 11.7. The molecule has 0 spiro atoms. The maximum absolute atomic E-state index is 12.8. The van der Waals surface area contributed by atoms with Crippen molar-refractivity contribution in [1.82, 2.24) is 0 Å². The number of rotatable bonds is 46. The van der Waals surface area contributed by atoms with Gasteiger partial charge >= 0.3 is 11.9 Å². The van der Waals surface area contributed by atoms with Gasteiger partial charge in [-0.25, -0.2) is 0 Å². The summed E-state index contributed by atoms with van der Waals surface area (Å²) in [5.74, 6) is -1.75. The van der Waals surface area contributed by atoms with Crippen molar-refractivity contribution in [2.45, 2.75) is 238 Å². The second-order valence-corrected chi connectivity index (χ2v) is 18.4. The first kappa shape index (κ1) is 59.3. The van der Waals surface area contributed by atoms with Crippen molar-refractivity contribution in [3.8, 4) is 0 Å². The smallest absolute Gasteiger partial charge is 0.306 e. The standard InChI is InChI=1S/C54H97NO7/c1-6-8-10-12-14-16-18-20-22-24-25-26-27-28-29-31-33-35-37-39-41-43-45-53(57)62-50(48-60-47-46-51(54(58)59)55(3,4)5)49-61-52(56)44-42-40-38-36-34-32-30-23-21-19-17-15-13-11-9-7-2/h14,16,20,22-23,25-26,30,50-51H,6-13,15,17-19,21,24,27-29,31-49H2,1-5H3/b16-14+,22-20+,26-25+,30-23+. The number of nitrogens with zero attached hydrogens (tertiary/aromatic N) is 1. The third-order valence-electron chi connectivity index (χ3n) is 11.4. The van der Waals surface area contributed by atoms with Crippen molar-refractivity contribution >= 4 is 17.9 Å². The lowest BCUT2D eigenvalue weighted by atomic mass is 10.1. The molecule has 0 N–H and O–H groups in total. The number of carboxylic acid groups (broad SMARTS) is 1. The van der Waals surface area contributed by atoms with Crippen molar-refractivity contribution in [2.24, 2.45) is 0 Å². The number of carboxylic acids is 1. The number of ether oxygens (including phenoxy) is 3. The minimum absolute atomic E-state index is 0.0361. The zero-order valence-corrected chi connectivity index (χ0v) is 41.0. The Labute approximate surface area is 382 Å². The Kier molecular flexibility index (Phi) is 42.9. The average Bonchev–Trinajstić information content (AvgIpc) is 3.23. The van der Waals surface area contributed by atoms with Gasteiger partial charge in [-0.2, -0.15) is 0 Å². The molecule has 0 aliphatic carbocycles. The van der Waals surface area contributed by atoms with Crippen LogP contribution in [0.1, 0.15) is 226 Å². The Morgan fingerprint density at radius 3 is 1.31 bits per heavy atom. The molecule has 0 heterocycles. The highest BCUT2D eigenvalue weighted by Gasteiger charge is 2.25. The van der Waals surface area contributed by atoms with Crippen LogP contribution < -0.4 is 5.11 Å². The molecule has 8 heteroatoms. The third kappa shape index (κ3) is 42.6. The fourth-order valence-electron chi connectivity index (χ4n) is 7.43. The second-order valence-electron chi connectivity index (χ2n) is 18.4. The monoisotopic (exact) mass is 872 g/mol. The number of hydrogen-bond donors (Lipinski definition) is 0. The van der Waals surface area contributed by atoms with E-state index in [9.17, 15) is 19.5 Å². The van der Waals surface area contributed by atoms with Crippen LogP contribution in [0, 0.1) is 0 Å². The zero-order chi connectivity index (χ0) is 45.6. The largest absolute Gasteiger partial charge is 0.544 e. The molecule has 0 amide bonds. The summed E-state index contributed by atoms with van der Waals surface area (Å²) in [6.07, 6.45) is 54.2. The molecule has 0 rings (SSSR count). The van der Waals surface area contributed by atoms with Crippen molar-refractivity contribution in [1.29, 1.82) is 0 Å². The third-order valence-corrected chi connectivity index (χ3v) is 11.4. The van der Waals surface area contributed by atoms with Gasteiger partial charge in [-0.3, -0.25) is 9.59 Å². The molecule has 0 aromatic heterocycles. The van der Waals surface area contributed by atoms with Gasteiger partial charge in [0, 0.05) is 19.3 Å². The number of carbonyl (C=O) groups excluding carboxylic acids is 3. The van der Waals surface area contributed by atoms with E-state index in [1.54, 1.807) is 21.1 Å². The van der Waals surface area contributed by atoms with E-state index >= 15 is 0 Å². The molecule has 0 aromatic rings. The Morgan fingerprint density at radius 1 is 0.484 bits per heavy atom. The van der Waals surface area contributed by atoms with Crippen LogP contribution in [0.15, 0.2) is 48.6 Å². The maximum Gasteiger partial charge on any atom is 0.306 e. The second kappa shape index (κ2) is 44.9. The molecule has 0 radical (unpaired) electrons. The summed E-state index contributed by atoms with van der Waals surface area (Å²) < 4.78 is 17.2. The predicted octanol–water partition coefficient (Wildman–Crippen LogP) is 13.4. The number of likely N-dealkylation sites (N-methyl/N-ethyl adjacent to an activating group) is 1. The molecule has 2 unspecified atom stereocenters. The van der Waals surface area contributed by atoms with Gasteiger partial charge in [0.1, 0.15) is 12.6 Å². The summed E-state index contributed by atoms with van der Waals surface area (Å²) >= 11 is 0. The van der Waals surface area contributed by atoms with E-state index in [0.29, 0.717) is 12.8 Å². The summed E-state index contributed by atoms with van der Waals surface area (Å²) in [5.41, 5.74) is 0. The quantitative estimate of drug-likeness (QED) is 0.0260. The Bertz CT molecular complexity index is 1150. The van der Waals surface area contributed by atoms with Gasteiger partial charge in [0.25, 0.3) is 0 Å². The van der Waals surface area contributed by atoms with Gasteiger partial charge in [0.05, 0.1) is 40.3 Å². The van der Waals surface area contributed by atoms with Crippen LogP contribution in [0.25, 0.3) is 0 Å². The molecule has 2 atom stereocenters. The van der Waals surface area contributed by atoms with E-state index in [1.807, 2.05) is 0 Å². The summed E-state index contributed by atoms with van der Waals surface area (Å²) in [7, 11) is 5.41. The van der Waals surface area contributed by atoms with E-state index in [-0.39, 0.29) is 42.7 Å². The highest BCUT2D eigenvalue weighted by Crippen LogP contribution is 2.15. The summed E-state index contributed by atoms with van der Waals surface area (Å²) in [6.45, 7) is 4.64. The van der Waals surface area contributed by atoms with Gasteiger partial charge in [-0.15, -0.1) is 0 Å². The Hall–Kier alpha value is -2.71. The van der Waals surface area contributed by atoms with Gasteiger partial charge in [0.2, 0.25) is 0 Å². The fraction of sp³-hybridized carbons (Fsp3) is 0.796. The zero-order valence-electron chi connectivity index (χ0n) is 41.0. The molecule has 0 saturated carbocycles. The molecular weight excluding hydrogens is 775 g/mol. The van der Waals surface area contributed by atoms with Crippen molar-refractivity contribution < 1.29 is 38.2 Å². The van der Waals surface area contributed by atoms with Crippen LogP contribution in [-0.4, -0.2) is 75.5 Å². The lowest BCUT2D eigenvalue weighted by molar-refractivity contribution is -0.889. The predicted molar refractivity (Wildman–Crippen MR) is 259 cm³/mol. The number of unbranched alkanes of at least 4 members (excludes halogenated alkanes) is 24. The van der Waals surface area contributed by atoms with Crippen LogP contribution >= 0.6 is 0 Å². The van der Waals surface area contributed by atoms with Crippen LogP contribution in [0.2, 0.25) is 0 Å². The molecule has 62 heavy (non-hydrogen) atoms. The number of hydrogen-bond acceptors (Lipinski definition) is 7. The normalized spacial score (nSPS) is 13.2. The van der Waals surface area contributed by atoms with Gasteiger partial charge in [-0.1, -0.05) is 178 Å². The first-order valence-corrected chi connectivity index (χ1v) is 25.7. The van der Waals surface area contributed by atoms with Gasteiger partial charge in [-0.05, 0) is 77.0 Å². The molecule has 360 valence electrons. The van der Waals surface area contributed by atoms with Gasteiger partial charge < -0.3 is 28.6 Å². The molecule has 0 fully saturated rings. The number of esters is 2. The fourth-order valence-corrected chi connectivity index (χ4v) is 7.43. The summed E-state index contributed by atoms with van der Waals surface area (Å²) in [4.78, 5) is 37.0. The lowest BCUT2D eigenvalue weighted by Gasteiger charge is -2.34. The highest BCUT2D eigenvalue weighted by atomic mass is 16.6. The van der Waals surface area contributed by atoms with Crippen LogP contribution in [0.3, 0.4) is 0 Å². The molecule has 0 saturated heterocycles. The van der Waals surface area contributed by atoms with Crippen molar-refractivity contribution in [2.75, 3.05) is 41.0 Å². The molecule has 0 aliphatic heterocycles. The molecule has 0 aromatic carbocycles.